The minimum absolute atomic E-state index is 0.189. The average Bonchev–Trinajstić information content (AvgIpc) is 2.75. The summed E-state index contributed by atoms with van der Waals surface area (Å²) in [5.41, 5.74) is 0.396. The molecular formula is C22H23NO7. The van der Waals surface area contributed by atoms with Gasteiger partial charge in [-0.05, 0) is 31.2 Å². The number of aliphatic hydroxyl groups excluding tert-OH is 1. The van der Waals surface area contributed by atoms with Gasteiger partial charge in [0, 0.05) is 6.92 Å². The number of aliphatic hydroxyl groups is 1. The second-order valence-corrected chi connectivity index (χ2v) is 6.57. The van der Waals surface area contributed by atoms with E-state index in [0.717, 1.165) is 0 Å². The number of carbonyl (C=O) groups is 4. The number of aldehydes is 1. The lowest BCUT2D eigenvalue weighted by Gasteiger charge is -2.32. The van der Waals surface area contributed by atoms with Crippen molar-refractivity contribution in [2.24, 2.45) is 0 Å². The van der Waals surface area contributed by atoms with E-state index in [4.69, 9.17) is 9.47 Å². The molecule has 0 saturated heterocycles. The van der Waals surface area contributed by atoms with Crippen molar-refractivity contribution in [3.63, 3.8) is 0 Å². The second kappa shape index (κ2) is 10.9. The Balaban J connectivity index is 2.34. The molecule has 0 saturated carbocycles. The highest BCUT2D eigenvalue weighted by Gasteiger charge is 2.39. The van der Waals surface area contributed by atoms with E-state index in [0.29, 0.717) is 6.29 Å². The number of carbonyl (C=O) groups excluding carboxylic acids is 4. The smallest absolute Gasteiger partial charge is 0.338 e. The maximum Gasteiger partial charge on any atom is 0.338 e. The van der Waals surface area contributed by atoms with Gasteiger partial charge in [-0.15, -0.1) is 0 Å². The molecule has 0 aliphatic heterocycles. The second-order valence-electron chi connectivity index (χ2n) is 6.57. The molecule has 0 heterocycles. The molecule has 8 nitrogen and oxygen atoms in total. The Bertz CT molecular complexity index is 868. The van der Waals surface area contributed by atoms with Crippen molar-refractivity contribution in [1.82, 2.24) is 5.32 Å². The molecule has 0 spiro atoms. The molecule has 0 unspecified atom stereocenters. The molecule has 2 rings (SSSR count). The highest BCUT2D eigenvalue weighted by molar-refractivity contribution is 5.90. The first-order valence-electron chi connectivity index (χ1n) is 9.26. The lowest BCUT2D eigenvalue weighted by Crippen LogP contribution is -2.55. The lowest BCUT2D eigenvalue weighted by atomic mass is 10.0. The van der Waals surface area contributed by atoms with E-state index in [1.54, 1.807) is 36.4 Å². The Labute approximate surface area is 173 Å². The zero-order valence-corrected chi connectivity index (χ0v) is 16.6. The summed E-state index contributed by atoms with van der Waals surface area (Å²) in [5, 5.41) is 12.6. The summed E-state index contributed by atoms with van der Waals surface area (Å²) >= 11 is 0. The summed E-state index contributed by atoms with van der Waals surface area (Å²) in [5.74, 6) is -2.15. The standard InChI is InChI=1S/C22H23NO7/c1-14(25)19(29-21(27)16-9-5-3-6-10-16)20(18(13-24)23-15(2)26)30-22(28)17-11-7-4-8-12-17/h3-14,18-20,25H,1-2H3,(H,23,26)/t14-,18+,19+,20-/m0/s1. The third-order valence-electron chi connectivity index (χ3n) is 4.17. The van der Waals surface area contributed by atoms with Gasteiger partial charge in [-0.2, -0.15) is 0 Å². The molecule has 4 atom stereocenters. The molecule has 0 bridgehead atoms. The van der Waals surface area contributed by atoms with Crippen LogP contribution >= 0.6 is 0 Å². The Kier molecular flexibility index (Phi) is 8.25. The van der Waals surface area contributed by atoms with Crippen LogP contribution in [0.2, 0.25) is 0 Å². The first-order chi connectivity index (χ1) is 14.3. The van der Waals surface area contributed by atoms with Crippen LogP contribution in [0.4, 0.5) is 0 Å². The van der Waals surface area contributed by atoms with Gasteiger partial charge >= 0.3 is 11.9 Å². The van der Waals surface area contributed by atoms with Crippen LogP contribution in [0.15, 0.2) is 60.7 Å². The van der Waals surface area contributed by atoms with Gasteiger partial charge < -0.3 is 24.7 Å². The van der Waals surface area contributed by atoms with Crippen LogP contribution in [0.1, 0.15) is 34.6 Å². The SMILES string of the molecule is CC(=O)N[C@H](C=O)[C@H](OC(=O)c1ccccc1)[C@H](OC(=O)c1ccccc1)[C@H](C)O. The van der Waals surface area contributed by atoms with Gasteiger partial charge in [-0.3, -0.25) is 4.79 Å². The fourth-order valence-electron chi connectivity index (χ4n) is 2.74. The van der Waals surface area contributed by atoms with E-state index in [1.165, 1.54) is 38.1 Å². The van der Waals surface area contributed by atoms with Gasteiger partial charge in [0.1, 0.15) is 12.3 Å². The fraction of sp³-hybridized carbons (Fsp3) is 0.273. The van der Waals surface area contributed by atoms with E-state index < -0.39 is 42.2 Å². The molecule has 2 aromatic rings. The van der Waals surface area contributed by atoms with Crippen molar-refractivity contribution in [3.05, 3.63) is 71.8 Å². The fourth-order valence-corrected chi connectivity index (χ4v) is 2.74. The van der Waals surface area contributed by atoms with Crippen molar-refractivity contribution >= 4 is 24.1 Å². The summed E-state index contributed by atoms with van der Waals surface area (Å²) in [6.45, 7) is 2.50. The van der Waals surface area contributed by atoms with Crippen molar-refractivity contribution in [2.75, 3.05) is 0 Å². The molecule has 8 heteroatoms. The number of hydrogen-bond acceptors (Lipinski definition) is 7. The van der Waals surface area contributed by atoms with Crippen LogP contribution in [0.5, 0.6) is 0 Å². The van der Waals surface area contributed by atoms with Crippen LogP contribution in [0.3, 0.4) is 0 Å². The number of hydrogen-bond donors (Lipinski definition) is 2. The minimum atomic E-state index is -1.47. The highest BCUT2D eigenvalue weighted by atomic mass is 16.6. The maximum atomic E-state index is 12.6. The monoisotopic (exact) mass is 413 g/mol. The predicted molar refractivity (Wildman–Crippen MR) is 107 cm³/mol. The Hall–Kier alpha value is -3.52. The number of amides is 1. The summed E-state index contributed by atoms with van der Waals surface area (Å²) in [7, 11) is 0. The average molecular weight is 413 g/mol. The summed E-state index contributed by atoms with van der Waals surface area (Å²) in [6, 6.07) is 14.6. The van der Waals surface area contributed by atoms with E-state index in [1.807, 2.05) is 0 Å². The molecule has 158 valence electrons. The Morgan fingerprint density at radius 3 is 1.67 bits per heavy atom. The molecule has 0 aromatic heterocycles. The first-order valence-corrected chi connectivity index (χ1v) is 9.26. The number of benzene rings is 2. The summed E-state index contributed by atoms with van der Waals surface area (Å²) < 4.78 is 10.8. The predicted octanol–water partition coefficient (Wildman–Crippen LogP) is 1.52. The molecule has 30 heavy (non-hydrogen) atoms. The molecule has 0 aliphatic carbocycles. The lowest BCUT2D eigenvalue weighted by molar-refractivity contribution is -0.129. The van der Waals surface area contributed by atoms with Crippen molar-refractivity contribution < 1.29 is 33.8 Å². The van der Waals surface area contributed by atoms with Gasteiger partial charge in [0.05, 0.1) is 17.2 Å². The molecule has 1 amide bonds. The van der Waals surface area contributed by atoms with Gasteiger partial charge in [0.2, 0.25) is 5.91 Å². The van der Waals surface area contributed by atoms with Gasteiger partial charge in [0.25, 0.3) is 0 Å². The van der Waals surface area contributed by atoms with Gasteiger partial charge in [-0.1, -0.05) is 36.4 Å². The molecule has 0 fully saturated rings. The van der Waals surface area contributed by atoms with Crippen molar-refractivity contribution in [2.45, 2.75) is 38.2 Å². The quantitative estimate of drug-likeness (QED) is 0.473. The Morgan fingerprint density at radius 2 is 1.30 bits per heavy atom. The van der Waals surface area contributed by atoms with Crippen LogP contribution in [-0.4, -0.2) is 53.6 Å². The largest absolute Gasteiger partial charge is 0.452 e. The third-order valence-corrected chi connectivity index (χ3v) is 4.17. The molecule has 0 aliphatic rings. The number of ether oxygens (including phenoxy) is 2. The number of esters is 2. The molecule has 0 radical (unpaired) electrons. The van der Waals surface area contributed by atoms with Crippen LogP contribution in [-0.2, 0) is 19.1 Å². The van der Waals surface area contributed by atoms with E-state index >= 15 is 0 Å². The third kappa shape index (κ3) is 6.25. The zero-order chi connectivity index (χ0) is 22.1. The van der Waals surface area contributed by atoms with Crippen LogP contribution < -0.4 is 5.32 Å². The van der Waals surface area contributed by atoms with Crippen molar-refractivity contribution in [1.29, 1.82) is 0 Å². The van der Waals surface area contributed by atoms with Crippen LogP contribution in [0, 0.1) is 0 Å². The topological polar surface area (TPSA) is 119 Å². The van der Waals surface area contributed by atoms with E-state index in [9.17, 15) is 24.3 Å². The number of nitrogens with one attached hydrogen (secondary N) is 1. The molecule has 2 aromatic carbocycles. The normalized spacial score (nSPS) is 14.5. The maximum absolute atomic E-state index is 12.6. The van der Waals surface area contributed by atoms with Crippen LogP contribution in [0.25, 0.3) is 0 Å². The molecular weight excluding hydrogens is 390 g/mol. The molecule has 2 N–H and O–H groups in total. The minimum Gasteiger partial charge on any atom is -0.452 e. The first kappa shape index (κ1) is 22.8. The van der Waals surface area contributed by atoms with Crippen molar-refractivity contribution in [3.8, 4) is 0 Å². The zero-order valence-electron chi connectivity index (χ0n) is 16.6. The number of rotatable bonds is 9. The summed E-state index contributed by atoms with van der Waals surface area (Å²) in [4.78, 5) is 48.3. The van der Waals surface area contributed by atoms with E-state index in [2.05, 4.69) is 5.32 Å². The Morgan fingerprint density at radius 1 is 0.867 bits per heavy atom. The van der Waals surface area contributed by atoms with E-state index in [-0.39, 0.29) is 11.1 Å². The summed E-state index contributed by atoms with van der Waals surface area (Å²) in [6.07, 6.45) is -3.85. The highest BCUT2D eigenvalue weighted by Crippen LogP contribution is 2.18. The van der Waals surface area contributed by atoms with Gasteiger partial charge in [0.15, 0.2) is 12.2 Å². The van der Waals surface area contributed by atoms with Gasteiger partial charge in [-0.25, -0.2) is 9.59 Å².